The third-order valence-electron chi connectivity index (χ3n) is 4.65. The summed E-state index contributed by atoms with van der Waals surface area (Å²) in [4.78, 5) is 38.8. The Morgan fingerprint density at radius 1 is 1.03 bits per heavy atom. The van der Waals surface area contributed by atoms with Gasteiger partial charge in [0.25, 0.3) is 11.8 Å². The van der Waals surface area contributed by atoms with Crippen LogP contribution < -0.4 is 14.8 Å². The van der Waals surface area contributed by atoms with Crippen LogP contribution in [0.15, 0.2) is 44.9 Å². The molecule has 33 heavy (non-hydrogen) atoms. The number of amides is 4. The molecule has 0 aromatic heterocycles. The predicted octanol–water partition coefficient (Wildman–Crippen LogP) is 4.77. The molecule has 1 saturated heterocycles. The van der Waals surface area contributed by atoms with E-state index >= 15 is 0 Å². The van der Waals surface area contributed by atoms with Crippen LogP contribution in [-0.2, 0) is 16.1 Å². The molecule has 8 nitrogen and oxygen atoms in total. The van der Waals surface area contributed by atoms with Crippen LogP contribution in [0.4, 0.5) is 4.79 Å². The minimum Gasteiger partial charge on any atom is -0.506 e. The third-order valence-corrected chi connectivity index (χ3v) is 5.86. The molecule has 10 heteroatoms. The van der Waals surface area contributed by atoms with Gasteiger partial charge in [-0.15, -0.1) is 0 Å². The van der Waals surface area contributed by atoms with E-state index in [-0.39, 0.29) is 17.9 Å². The number of carbonyl (C=O) groups is 3. The molecule has 0 saturated carbocycles. The topological polar surface area (TPSA) is 105 Å². The minimum atomic E-state index is -0.806. The third kappa shape index (κ3) is 5.75. The molecule has 174 valence electrons. The molecule has 0 aliphatic carbocycles. The molecule has 1 fully saturated rings. The Kier molecular flexibility index (Phi) is 8.15. The van der Waals surface area contributed by atoms with Crippen LogP contribution in [0.25, 0.3) is 6.08 Å². The molecule has 0 atom stereocenters. The van der Waals surface area contributed by atoms with Crippen LogP contribution in [0.1, 0.15) is 31.4 Å². The molecule has 1 aliphatic rings. The quantitative estimate of drug-likeness (QED) is 0.344. The average Bonchev–Trinajstić information content (AvgIpc) is 2.77. The van der Waals surface area contributed by atoms with E-state index in [9.17, 15) is 19.5 Å². The minimum absolute atomic E-state index is 0.00941. The van der Waals surface area contributed by atoms with Crippen molar-refractivity contribution in [2.24, 2.45) is 0 Å². The number of barbiturate groups is 1. The predicted molar refractivity (Wildman–Crippen MR) is 129 cm³/mol. The largest absolute Gasteiger partial charge is 0.506 e. The van der Waals surface area contributed by atoms with Gasteiger partial charge in [0, 0.05) is 0 Å². The summed E-state index contributed by atoms with van der Waals surface area (Å²) in [7, 11) is 0. The molecule has 1 heterocycles. The van der Waals surface area contributed by atoms with Crippen molar-refractivity contribution >= 4 is 55.8 Å². The summed E-state index contributed by atoms with van der Waals surface area (Å²) in [5.41, 5.74) is 0.914. The van der Waals surface area contributed by atoms with Gasteiger partial charge in [0.1, 0.15) is 11.3 Å². The van der Waals surface area contributed by atoms with Crippen LogP contribution in [0.5, 0.6) is 17.2 Å². The van der Waals surface area contributed by atoms with Crippen molar-refractivity contribution in [1.82, 2.24) is 10.2 Å². The molecule has 0 radical (unpaired) electrons. The molecule has 4 amide bonds. The van der Waals surface area contributed by atoms with Gasteiger partial charge in [0.15, 0.2) is 11.5 Å². The highest BCUT2D eigenvalue weighted by atomic mass is 79.9. The van der Waals surface area contributed by atoms with Crippen molar-refractivity contribution in [3.63, 3.8) is 0 Å². The summed E-state index contributed by atoms with van der Waals surface area (Å²) < 4.78 is 12.1. The maximum atomic E-state index is 13.1. The normalized spacial score (nSPS) is 15.1. The van der Waals surface area contributed by atoms with Crippen molar-refractivity contribution in [1.29, 1.82) is 0 Å². The van der Waals surface area contributed by atoms with Gasteiger partial charge in [-0.1, -0.05) is 13.0 Å². The fourth-order valence-electron chi connectivity index (χ4n) is 3.11. The lowest BCUT2D eigenvalue weighted by molar-refractivity contribution is -0.130. The lowest BCUT2D eigenvalue weighted by Gasteiger charge is -2.26. The Morgan fingerprint density at radius 2 is 1.73 bits per heavy atom. The Labute approximate surface area is 207 Å². The lowest BCUT2D eigenvalue weighted by atomic mass is 10.1. The zero-order valence-corrected chi connectivity index (χ0v) is 21.2. The first-order chi connectivity index (χ1) is 15.7. The van der Waals surface area contributed by atoms with E-state index in [4.69, 9.17) is 9.47 Å². The van der Waals surface area contributed by atoms with Crippen molar-refractivity contribution in [2.75, 3.05) is 13.2 Å². The summed E-state index contributed by atoms with van der Waals surface area (Å²) in [5, 5.41) is 12.1. The van der Waals surface area contributed by atoms with Gasteiger partial charge in [-0.05, 0) is 86.7 Å². The van der Waals surface area contributed by atoms with Crippen LogP contribution in [0.2, 0.25) is 0 Å². The number of ether oxygens (including phenoxy) is 2. The number of imide groups is 2. The number of urea groups is 1. The highest BCUT2D eigenvalue weighted by Gasteiger charge is 2.35. The first-order valence-electron chi connectivity index (χ1n) is 10.2. The maximum Gasteiger partial charge on any atom is 0.331 e. The number of nitrogens with zero attached hydrogens (tertiary/aromatic N) is 1. The van der Waals surface area contributed by atoms with Crippen molar-refractivity contribution in [2.45, 2.75) is 26.8 Å². The molecule has 2 aromatic carbocycles. The first-order valence-corrected chi connectivity index (χ1v) is 11.8. The van der Waals surface area contributed by atoms with E-state index in [2.05, 4.69) is 37.2 Å². The van der Waals surface area contributed by atoms with Crippen molar-refractivity contribution < 1.29 is 29.0 Å². The monoisotopic (exact) mass is 580 g/mol. The van der Waals surface area contributed by atoms with Gasteiger partial charge in [-0.2, -0.15) is 0 Å². The van der Waals surface area contributed by atoms with E-state index in [1.54, 1.807) is 30.3 Å². The molecule has 0 spiro atoms. The Hall–Kier alpha value is -2.85. The second-order valence-electron chi connectivity index (χ2n) is 7.10. The van der Waals surface area contributed by atoms with Gasteiger partial charge in [0.05, 0.1) is 28.7 Å². The number of carbonyl (C=O) groups excluding carboxylic acids is 3. The van der Waals surface area contributed by atoms with Crippen LogP contribution in [0, 0.1) is 0 Å². The van der Waals surface area contributed by atoms with E-state index < -0.39 is 17.8 Å². The number of phenols is 1. The first kappa shape index (κ1) is 24.8. The molecule has 2 aromatic rings. The van der Waals surface area contributed by atoms with Crippen molar-refractivity contribution in [3.05, 3.63) is 56.0 Å². The second kappa shape index (κ2) is 10.8. The van der Waals surface area contributed by atoms with Gasteiger partial charge in [-0.3, -0.25) is 19.8 Å². The van der Waals surface area contributed by atoms with E-state index in [1.807, 2.05) is 13.8 Å². The van der Waals surface area contributed by atoms with Crippen LogP contribution in [-0.4, -0.2) is 41.1 Å². The van der Waals surface area contributed by atoms with Gasteiger partial charge >= 0.3 is 6.03 Å². The average molecular weight is 582 g/mol. The molecule has 0 bridgehead atoms. The van der Waals surface area contributed by atoms with Gasteiger partial charge < -0.3 is 14.6 Å². The highest BCUT2D eigenvalue weighted by Crippen LogP contribution is 2.34. The summed E-state index contributed by atoms with van der Waals surface area (Å²) >= 11 is 6.43. The number of rotatable bonds is 8. The van der Waals surface area contributed by atoms with Gasteiger partial charge in [-0.25, -0.2) is 4.79 Å². The fourth-order valence-corrected chi connectivity index (χ4v) is 4.33. The lowest BCUT2D eigenvalue weighted by Crippen LogP contribution is -2.53. The summed E-state index contributed by atoms with van der Waals surface area (Å²) in [6.07, 6.45) is 2.20. The molecular formula is C23H22Br2N2O6. The van der Waals surface area contributed by atoms with Crippen molar-refractivity contribution in [3.8, 4) is 17.2 Å². The molecule has 2 N–H and O–H groups in total. The Bertz CT molecular complexity index is 1110. The van der Waals surface area contributed by atoms with E-state index in [0.717, 1.165) is 11.3 Å². The number of halogens is 2. The van der Waals surface area contributed by atoms with E-state index in [0.29, 0.717) is 44.8 Å². The molecule has 1 aliphatic heterocycles. The zero-order chi connectivity index (χ0) is 24.1. The second-order valence-corrected chi connectivity index (χ2v) is 8.81. The summed E-state index contributed by atoms with van der Waals surface area (Å²) in [6.45, 7) is 4.74. The van der Waals surface area contributed by atoms with Crippen LogP contribution in [0.3, 0.4) is 0 Å². The summed E-state index contributed by atoms with van der Waals surface area (Å²) in [5.74, 6) is -0.437. The standard InChI is InChI=1S/C23H22Br2N2O6/c1-3-7-33-18-6-5-13(11-19(18)32-4-2)12-27-22(30)15(21(29)26-23(27)31)8-14-9-16(24)20(28)17(25)10-14/h5-6,8-11,28H,3-4,7,12H2,1-2H3,(H,26,29,31)/b15-8+. The number of hydrogen-bond donors (Lipinski definition) is 2. The molecular weight excluding hydrogens is 560 g/mol. The number of nitrogens with one attached hydrogen (secondary N) is 1. The fraction of sp³-hybridized carbons (Fsp3) is 0.261. The van der Waals surface area contributed by atoms with Crippen LogP contribution >= 0.6 is 31.9 Å². The highest BCUT2D eigenvalue weighted by molar-refractivity contribution is 9.11. The Morgan fingerprint density at radius 3 is 2.36 bits per heavy atom. The number of aromatic hydroxyl groups is 1. The number of phenolic OH excluding ortho intramolecular Hbond substituents is 1. The smallest absolute Gasteiger partial charge is 0.331 e. The van der Waals surface area contributed by atoms with Gasteiger partial charge in [0.2, 0.25) is 0 Å². The van der Waals surface area contributed by atoms with E-state index in [1.165, 1.54) is 6.08 Å². The number of hydrogen-bond acceptors (Lipinski definition) is 6. The Balaban J connectivity index is 1.89. The molecule has 0 unspecified atom stereocenters. The number of benzene rings is 2. The SMILES string of the molecule is CCCOc1ccc(CN2C(=O)NC(=O)/C(=C\c3cc(Br)c(O)c(Br)c3)C2=O)cc1OCC. The zero-order valence-electron chi connectivity index (χ0n) is 18.0. The summed E-state index contributed by atoms with van der Waals surface area (Å²) in [6, 6.07) is 7.48. The molecule has 3 rings (SSSR count). The maximum absolute atomic E-state index is 13.1.